The van der Waals surface area contributed by atoms with Crippen molar-refractivity contribution in [2.45, 2.75) is 52.5 Å². The molecular formula is C18H26N6O2. The molecule has 0 saturated carbocycles. The van der Waals surface area contributed by atoms with Crippen molar-refractivity contribution in [3.05, 3.63) is 35.7 Å². The number of rotatable bonds is 4. The minimum Gasteiger partial charge on any atom is -0.388 e. The maximum atomic E-state index is 9.76. The van der Waals surface area contributed by atoms with Crippen LogP contribution in [0.4, 0.5) is 11.6 Å². The van der Waals surface area contributed by atoms with Crippen molar-refractivity contribution in [2.24, 2.45) is 0 Å². The summed E-state index contributed by atoms with van der Waals surface area (Å²) in [4.78, 5) is 21.8. The fraction of sp³-hybridized carbons (Fsp3) is 0.556. The Balaban J connectivity index is 1.84. The quantitative estimate of drug-likeness (QED) is 0.842. The molecule has 0 unspecified atom stereocenters. The summed E-state index contributed by atoms with van der Waals surface area (Å²) in [6.45, 7) is 9.26. The lowest BCUT2D eigenvalue weighted by molar-refractivity contribution is 0.189. The van der Waals surface area contributed by atoms with Gasteiger partial charge in [0.15, 0.2) is 11.6 Å². The minimum atomic E-state index is -0.692. The largest absolute Gasteiger partial charge is 0.388 e. The van der Waals surface area contributed by atoms with Crippen molar-refractivity contribution in [1.82, 2.24) is 19.9 Å². The minimum absolute atomic E-state index is 0.164. The Labute approximate surface area is 153 Å². The van der Waals surface area contributed by atoms with E-state index in [0.717, 1.165) is 30.4 Å². The Hall–Kier alpha value is -2.32. The zero-order valence-electron chi connectivity index (χ0n) is 15.7. The highest BCUT2D eigenvalue weighted by Gasteiger charge is 2.31. The molecule has 0 amide bonds. The first-order chi connectivity index (χ1) is 12.4. The van der Waals surface area contributed by atoms with Gasteiger partial charge in [0.1, 0.15) is 24.3 Å². The summed E-state index contributed by atoms with van der Waals surface area (Å²) < 4.78 is 0. The average molecular weight is 358 g/mol. The van der Waals surface area contributed by atoms with E-state index in [-0.39, 0.29) is 18.7 Å². The van der Waals surface area contributed by atoms with Crippen LogP contribution in [0.25, 0.3) is 0 Å². The predicted octanol–water partition coefficient (Wildman–Crippen LogP) is 1.22. The van der Waals surface area contributed by atoms with Crippen LogP contribution in [0, 0.1) is 6.92 Å². The third-order valence-electron chi connectivity index (χ3n) is 4.57. The normalized spacial score (nSPS) is 21.8. The zero-order valence-corrected chi connectivity index (χ0v) is 15.7. The van der Waals surface area contributed by atoms with Crippen molar-refractivity contribution in [3.8, 4) is 0 Å². The summed E-state index contributed by atoms with van der Waals surface area (Å²) >= 11 is 0. The standard InChI is InChI=1S/C18H26N6O2/c1-11-7-17(21-15(10-25)20-11)23-8-12(2)24(13(3)9-23)16-5-6-19-18(22-16)14(4)26/h5-7,12-14,25-26H,8-10H2,1-4H3/t12-,13+,14-/m1/s1. The molecule has 8 nitrogen and oxygen atoms in total. The van der Waals surface area contributed by atoms with Crippen molar-refractivity contribution in [2.75, 3.05) is 22.9 Å². The van der Waals surface area contributed by atoms with Crippen LogP contribution in [0.2, 0.25) is 0 Å². The van der Waals surface area contributed by atoms with E-state index in [2.05, 4.69) is 43.6 Å². The third kappa shape index (κ3) is 3.76. The second-order valence-electron chi connectivity index (χ2n) is 6.90. The van der Waals surface area contributed by atoms with Crippen LogP contribution in [0.1, 0.15) is 44.2 Å². The van der Waals surface area contributed by atoms with Gasteiger partial charge >= 0.3 is 0 Å². The first-order valence-electron chi connectivity index (χ1n) is 8.88. The van der Waals surface area contributed by atoms with E-state index >= 15 is 0 Å². The lowest BCUT2D eigenvalue weighted by Gasteiger charge is -2.45. The number of hydrogen-bond donors (Lipinski definition) is 2. The van der Waals surface area contributed by atoms with Gasteiger partial charge in [-0.25, -0.2) is 19.9 Å². The van der Waals surface area contributed by atoms with Crippen molar-refractivity contribution < 1.29 is 10.2 Å². The fourth-order valence-electron chi connectivity index (χ4n) is 3.52. The predicted molar refractivity (Wildman–Crippen MR) is 99.0 cm³/mol. The molecule has 140 valence electrons. The topological polar surface area (TPSA) is 98.5 Å². The number of aromatic nitrogens is 4. The number of nitrogens with zero attached hydrogens (tertiary/aromatic N) is 6. The Kier molecular flexibility index (Phi) is 5.33. The molecule has 1 fully saturated rings. The van der Waals surface area contributed by atoms with Gasteiger partial charge in [-0.05, 0) is 33.8 Å². The zero-order chi connectivity index (χ0) is 18.8. The molecule has 1 aliphatic rings. The van der Waals surface area contributed by atoms with Crippen LogP contribution in [0.5, 0.6) is 0 Å². The second-order valence-corrected chi connectivity index (χ2v) is 6.90. The summed E-state index contributed by atoms with van der Waals surface area (Å²) in [6, 6.07) is 4.23. The molecule has 3 atom stereocenters. The van der Waals surface area contributed by atoms with E-state index in [1.165, 1.54) is 0 Å². The van der Waals surface area contributed by atoms with Crippen molar-refractivity contribution in [1.29, 1.82) is 0 Å². The molecular weight excluding hydrogens is 332 g/mol. The lowest BCUT2D eigenvalue weighted by atomic mass is 10.1. The molecule has 0 bridgehead atoms. The fourth-order valence-corrected chi connectivity index (χ4v) is 3.52. The van der Waals surface area contributed by atoms with Crippen LogP contribution in [-0.4, -0.2) is 55.3 Å². The summed E-state index contributed by atoms with van der Waals surface area (Å²) in [5, 5.41) is 19.1. The molecule has 2 aromatic rings. The number of anilines is 2. The summed E-state index contributed by atoms with van der Waals surface area (Å²) in [5.41, 5.74) is 0.846. The second kappa shape index (κ2) is 7.51. The Morgan fingerprint density at radius 3 is 2.46 bits per heavy atom. The van der Waals surface area contributed by atoms with Gasteiger partial charge in [-0.3, -0.25) is 0 Å². The molecule has 2 N–H and O–H groups in total. The lowest BCUT2D eigenvalue weighted by Crippen LogP contribution is -2.57. The van der Waals surface area contributed by atoms with E-state index in [1.807, 2.05) is 19.1 Å². The summed E-state index contributed by atoms with van der Waals surface area (Å²) in [6.07, 6.45) is 1.00. The van der Waals surface area contributed by atoms with Gasteiger partial charge in [0.05, 0.1) is 0 Å². The van der Waals surface area contributed by atoms with Gasteiger partial charge in [0.25, 0.3) is 0 Å². The molecule has 8 heteroatoms. The summed E-state index contributed by atoms with van der Waals surface area (Å²) in [5.74, 6) is 2.54. The Morgan fingerprint density at radius 2 is 1.85 bits per heavy atom. The molecule has 0 aromatic carbocycles. The van der Waals surface area contributed by atoms with Gasteiger partial charge in [0.2, 0.25) is 0 Å². The molecule has 3 heterocycles. The van der Waals surface area contributed by atoms with Gasteiger partial charge in [-0.2, -0.15) is 0 Å². The highest BCUT2D eigenvalue weighted by atomic mass is 16.3. The SMILES string of the molecule is Cc1cc(N2C[C@@H](C)N(c3ccnc([C@@H](C)O)n3)[C@@H](C)C2)nc(CO)n1. The van der Waals surface area contributed by atoms with Gasteiger partial charge in [-0.1, -0.05) is 0 Å². The van der Waals surface area contributed by atoms with Gasteiger partial charge in [0, 0.05) is 43.1 Å². The molecule has 26 heavy (non-hydrogen) atoms. The molecule has 1 aliphatic heterocycles. The Bertz CT molecular complexity index is 757. The average Bonchev–Trinajstić information content (AvgIpc) is 2.60. The van der Waals surface area contributed by atoms with Crippen LogP contribution < -0.4 is 9.80 Å². The first kappa shape index (κ1) is 18.5. The number of hydrogen-bond acceptors (Lipinski definition) is 8. The van der Waals surface area contributed by atoms with E-state index in [4.69, 9.17) is 0 Å². The maximum Gasteiger partial charge on any atom is 0.158 e. The van der Waals surface area contributed by atoms with E-state index in [1.54, 1.807) is 13.1 Å². The smallest absolute Gasteiger partial charge is 0.158 e. The number of aryl methyl sites for hydroxylation is 1. The van der Waals surface area contributed by atoms with Crippen LogP contribution in [0.3, 0.4) is 0 Å². The number of piperazine rings is 1. The molecule has 1 saturated heterocycles. The first-order valence-corrected chi connectivity index (χ1v) is 8.88. The maximum absolute atomic E-state index is 9.76. The van der Waals surface area contributed by atoms with E-state index in [0.29, 0.717) is 11.6 Å². The van der Waals surface area contributed by atoms with E-state index < -0.39 is 6.10 Å². The van der Waals surface area contributed by atoms with Gasteiger partial charge in [-0.15, -0.1) is 0 Å². The van der Waals surface area contributed by atoms with Gasteiger partial charge < -0.3 is 20.0 Å². The number of aliphatic hydroxyl groups excluding tert-OH is 2. The molecule has 0 spiro atoms. The monoisotopic (exact) mass is 358 g/mol. The molecule has 0 aliphatic carbocycles. The van der Waals surface area contributed by atoms with Crippen molar-refractivity contribution in [3.63, 3.8) is 0 Å². The highest BCUT2D eigenvalue weighted by Crippen LogP contribution is 2.26. The molecule has 2 aromatic heterocycles. The number of aliphatic hydroxyl groups is 2. The van der Waals surface area contributed by atoms with Crippen LogP contribution in [0.15, 0.2) is 18.3 Å². The van der Waals surface area contributed by atoms with Crippen LogP contribution in [-0.2, 0) is 6.61 Å². The third-order valence-corrected chi connectivity index (χ3v) is 4.57. The molecule has 3 rings (SSSR count). The molecule has 0 radical (unpaired) electrons. The summed E-state index contributed by atoms with van der Waals surface area (Å²) in [7, 11) is 0. The Morgan fingerprint density at radius 1 is 1.15 bits per heavy atom. The van der Waals surface area contributed by atoms with E-state index in [9.17, 15) is 10.2 Å². The highest BCUT2D eigenvalue weighted by molar-refractivity contribution is 5.48. The van der Waals surface area contributed by atoms with Crippen molar-refractivity contribution >= 4 is 11.6 Å². The van der Waals surface area contributed by atoms with Crippen LogP contribution >= 0.6 is 0 Å².